The molecule has 0 aromatic heterocycles. The molecule has 0 aliphatic carbocycles. The van der Waals surface area contributed by atoms with Gasteiger partial charge in [0.25, 0.3) is 0 Å². The third kappa shape index (κ3) is 5.08. The minimum absolute atomic E-state index is 0.0288. The summed E-state index contributed by atoms with van der Waals surface area (Å²) in [6, 6.07) is 5.62. The zero-order chi connectivity index (χ0) is 16.7. The van der Waals surface area contributed by atoms with Gasteiger partial charge in [0, 0.05) is 12.1 Å². The van der Waals surface area contributed by atoms with Crippen molar-refractivity contribution in [2.45, 2.75) is 38.1 Å². The molecule has 5 N–H and O–H groups in total. The lowest BCUT2D eigenvalue weighted by Gasteiger charge is -2.16. The molecule has 0 heterocycles. The van der Waals surface area contributed by atoms with Crippen molar-refractivity contribution in [2.75, 3.05) is 5.32 Å². The Morgan fingerprint density at radius 3 is 2.14 bits per heavy atom. The maximum Gasteiger partial charge on any atom is 0.326 e. The van der Waals surface area contributed by atoms with Crippen molar-refractivity contribution in [1.82, 2.24) is 0 Å². The van der Waals surface area contributed by atoms with Crippen molar-refractivity contribution in [3.05, 3.63) is 29.8 Å². The minimum atomic E-state index is -1.08. The van der Waals surface area contributed by atoms with Gasteiger partial charge in [0.15, 0.2) is 0 Å². The molecule has 1 amide bonds. The van der Waals surface area contributed by atoms with Crippen LogP contribution in [0.25, 0.3) is 0 Å². The van der Waals surface area contributed by atoms with E-state index in [2.05, 4.69) is 5.32 Å². The SMILES string of the molecule is CCC(C(=O)O)c1ccc(N[C@@H](CCC(N)=O)C(=O)O)cc1. The molecule has 1 unspecified atom stereocenters. The second-order valence-corrected chi connectivity index (χ2v) is 4.96. The highest BCUT2D eigenvalue weighted by atomic mass is 16.4. The van der Waals surface area contributed by atoms with Gasteiger partial charge >= 0.3 is 11.9 Å². The third-order valence-corrected chi connectivity index (χ3v) is 3.34. The van der Waals surface area contributed by atoms with E-state index in [1.54, 1.807) is 31.2 Å². The number of rotatable bonds is 9. The molecule has 0 fully saturated rings. The number of carboxylic acids is 2. The molecule has 120 valence electrons. The van der Waals surface area contributed by atoms with Crippen molar-refractivity contribution in [2.24, 2.45) is 5.73 Å². The first-order chi connectivity index (χ1) is 10.3. The Kier molecular flexibility index (Phi) is 6.37. The van der Waals surface area contributed by atoms with Crippen LogP contribution in [0.1, 0.15) is 37.7 Å². The van der Waals surface area contributed by atoms with Crippen molar-refractivity contribution in [1.29, 1.82) is 0 Å². The highest BCUT2D eigenvalue weighted by Crippen LogP contribution is 2.22. The lowest BCUT2D eigenvalue weighted by Crippen LogP contribution is -2.30. The number of carbonyl (C=O) groups is 3. The minimum Gasteiger partial charge on any atom is -0.481 e. The second-order valence-electron chi connectivity index (χ2n) is 4.96. The Labute approximate surface area is 128 Å². The number of carbonyl (C=O) groups excluding carboxylic acids is 1. The first-order valence-corrected chi connectivity index (χ1v) is 6.95. The molecular weight excluding hydrogens is 288 g/mol. The predicted octanol–water partition coefficient (Wildman–Crippen LogP) is 1.40. The molecule has 0 saturated heterocycles. The molecule has 0 radical (unpaired) electrons. The van der Waals surface area contributed by atoms with Crippen LogP contribution in [0.2, 0.25) is 0 Å². The Bertz CT molecular complexity index is 541. The first-order valence-electron chi connectivity index (χ1n) is 6.95. The summed E-state index contributed by atoms with van der Waals surface area (Å²) < 4.78 is 0. The molecule has 2 atom stereocenters. The van der Waals surface area contributed by atoms with Gasteiger partial charge < -0.3 is 21.3 Å². The van der Waals surface area contributed by atoms with Gasteiger partial charge in [-0.1, -0.05) is 19.1 Å². The van der Waals surface area contributed by atoms with E-state index in [1.165, 1.54) is 0 Å². The van der Waals surface area contributed by atoms with Crippen LogP contribution in [0.3, 0.4) is 0 Å². The monoisotopic (exact) mass is 308 g/mol. The third-order valence-electron chi connectivity index (χ3n) is 3.34. The Morgan fingerprint density at radius 2 is 1.73 bits per heavy atom. The molecule has 22 heavy (non-hydrogen) atoms. The summed E-state index contributed by atoms with van der Waals surface area (Å²) in [6.07, 6.45) is 0.524. The molecule has 7 heteroatoms. The summed E-state index contributed by atoms with van der Waals surface area (Å²) in [7, 11) is 0. The largest absolute Gasteiger partial charge is 0.481 e. The molecule has 0 bridgehead atoms. The molecule has 0 aliphatic heterocycles. The number of benzene rings is 1. The number of carboxylic acid groups (broad SMARTS) is 2. The average molecular weight is 308 g/mol. The zero-order valence-corrected chi connectivity index (χ0v) is 12.3. The van der Waals surface area contributed by atoms with Crippen LogP contribution in [0.15, 0.2) is 24.3 Å². The smallest absolute Gasteiger partial charge is 0.326 e. The fraction of sp³-hybridized carbons (Fsp3) is 0.400. The highest BCUT2D eigenvalue weighted by Gasteiger charge is 2.19. The van der Waals surface area contributed by atoms with Gasteiger partial charge in [-0.05, 0) is 30.5 Å². The summed E-state index contributed by atoms with van der Waals surface area (Å²) in [5, 5.41) is 21.0. The van der Waals surface area contributed by atoms with E-state index in [-0.39, 0.29) is 12.8 Å². The van der Waals surface area contributed by atoms with Gasteiger partial charge in [0.1, 0.15) is 6.04 Å². The molecule has 7 nitrogen and oxygen atoms in total. The van der Waals surface area contributed by atoms with Gasteiger partial charge in [0.2, 0.25) is 5.91 Å². The van der Waals surface area contributed by atoms with Crippen LogP contribution < -0.4 is 11.1 Å². The number of nitrogens with two attached hydrogens (primary N) is 1. The standard InChI is InChI=1S/C15H20N2O5/c1-2-11(14(19)20)9-3-5-10(6-4-9)17-12(15(21)22)7-8-13(16)18/h3-6,11-12,17H,2,7-8H2,1H3,(H2,16,18)(H,19,20)(H,21,22)/t11?,12-/m0/s1. The van der Waals surface area contributed by atoms with E-state index >= 15 is 0 Å². The number of anilines is 1. The molecule has 1 rings (SSSR count). The molecule has 0 saturated carbocycles. The Morgan fingerprint density at radius 1 is 1.14 bits per heavy atom. The van der Waals surface area contributed by atoms with Crippen molar-refractivity contribution in [3.63, 3.8) is 0 Å². The summed E-state index contributed by atoms with van der Waals surface area (Å²) in [5.74, 6) is -3.12. The molecule has 1 aromatic carbocycles. The number of primary amides is 1. The average Bonchev–Trinajstić information content (AvgIpc) is 2.44. The lowest BCUT2D eigenvalue weighted by atomic mass is 9.96. The predicted molar refractivity (Wildman–Crippen MR) is 80.6 cm³/mol. The van der Waals surface area contributed by atoms with Gasteiger partial charge in [-0.15, -0.1) is 0 Å². The van der Waals surface area contributed by atoms with Crippen LogP contribution in [0.5, 0.6) is 0 Å². The van der Waals surface area contributed by atoms with E-state index in [4.69, 9.17) is 15.9 Å². The topological polar surface area (TPSA) is 130 Å². The number of hydrogen-bond donors (Lipinski definition) is 4. The molecule has 1 aromatic rings. The maximum atomic E-state index is 11.1. The number of aliphatic carboxylic acids is 2. The van der Waals surface area contributed by atoms with Crippen molar-refractivity contribution >= 4 is 23.5 Å². The fourth-order valence-electron chi connectivity index (χ4n) is 2.11. The molecule has 0 spiro atoms. The quantitative estimate of drug-likeness (QED) is 0.545. The Balaban J connectivity index is 2.78. The fourth-order valence-corrected chi connectivity index (χ4v) is 2.11. The van der Waals surface area contributed by atoms with Crippen LogP contribution in [0.4, 0.5) is 5.69 Å². The van der Waals surface area contributed by atoms with E-state index in [1.807, 2.05) is 0 Å². The van der Waals surface area contributed by atoms with Crippen LogP contribution in [-0.2, 0) is 14.4 Å². The van der Waals surface area contributed by atoms with E-state index < -0.39 is 29.8 Å². The zero-order valence-electron chi connectivity index (χ0n) is 12.3. The number of hydrogen-bond acceptors (Lipinski definition) is 4. The molecule has 0 aliphatic rings. The van der Waals surface area contributed by atoms with Gasteiger partial charge in [0.05, 0.1) is 5.92 Å². The van der Waals surface area contributed by atoms with E-state index in [0.717, 1.165) is 0 Å². The van der Waals surface area contributed by atoms with Crippen LogP contribution in [-0.4, -0.2) is 34.1 Å². The van der Waals surface area contributed by atoms with E-state index in [0.29, 0.717) is 17.7 Å². The van der Waals surface area contributed by atoms with E-state index in [9.17, 15) is 14.4 Å². The van der Waals surface area contributed by atoms with Gasteiger partial charge in [-0.25, -0.2) is 4.79 Å². The van der Waals surface area contributed by atoms with Gasteiger partial charge in [-0.2, -0.15) is 0 Å². The maximum absolute atomic E-state index is 11.1. The number of amides is 1. The van der Waals surface area contributed by atoms with Crippen LogP contribution >= 0.6 is 0 Å². The van der Waals surface area contributed by atoms with Crippen molar-refractivity contribution in [3.8, 4) is 0 Å². The van der Waals surface area contributed by atoms with Gasteiger partial charge in [-0.3, -0.25) is 9.59 Å². The molecular formula is C15H20N2O5. The summed E-state index contributed by atoms with van der Waals surface area (Å²) in [4.78, 5) is 33.0. The Hall–Kier alpha value is -2.57. The van der Waals surface area contributed by atoms with Crippen LogP contribution in [0, 0.1) is 0 Å². The summed E-state index contributed by atoms with van der Waals surface area (Å²) >= 11 is 0. The normalized spacial score (nSPS) is 13.1. The second kappa shape index (κ2) is 8.02. The number of nitrogens with one attached hydrogen (secondary N) is 1. The highest BCUT2D eigenvalue weighted by molar-refractivity contribution is 5.80. The summed E-state index contributed by atoms with van der Waals surface area (Å²) in [5.41, 5.74) is 6.22. The summed E-state index contributed by atoms with van der Waals surface area (Å²) in [6.45, 7) is 1.79. The van der Waals surface area contributed by atoms with Crippen molar-refractivity contribution < 1.29 is 24.6 Å². The first kappa shape index (κ1) is 17.5. The lowest BCUT2D eigenvalue weighted by molar-refractivity contribution is -0.139.